The number of nitrogens with zero attached hydrogens (tertiary/aromatic N) is 1. The van der Waals surface area contributed by atoms with Crippen molar-refractivity contribution in [2.24, 2.45) is 0 Å². The number of hydrogen-bond acceptors (Lipinski definition) is 4. The van der Waals surface area contributed by atoms with E-state index in [4.69, 9.17) is 0 Å². The van der Waals surface area contributed by atoms with Crippen LogP contribution in [0.2, 0.25) is 0 Å². The fourth-order valence-electron chi connectivity index (χ4n) is 2.38. The third-order valence-corrected chi connectivity index (χ3v) is 6.62. The summed E-state index contributed by atoms with van der Waals surface area (Å²) in [4.78, 5) is 13.0. The van der Waals surface area contributed by atoms with Crippen LogP contribution in [0.15, 0.2) is 40.6 Å². The summed E-state index contributed by atoms with van der Waals surface area (Å²) in [6, 6.07) is 8.35. The molecule has 5 nitrogen and oxygen atoms in total. The number of anilines is 1. The number of hydrogen-bond donors (Lipinski definition) is 1. The molecule has 0 aliphatic rings. The van der Waals surface area contributed by atoms with Crippen molar-refractivity contribution < 1.29 is 13.2 Å². The Bertz CT molecular complexity index is 811. The first-order valence-corrected chi connectivity index (χ1v) is 10.6. The first-order valence-electron chi connectivity index (χ1n) is 8.29. The highest BCUT2D eigenvalue weighted by Crippen LogP contribution is 2.29. The molecule has 0 spiro atoms. The molecule has 0 unspecified atom stereocenters. The van der Waals surface area contributed by atoms with E-state index in [9.17, 15) is 13.2 Å². The molecule has 0 atom stereocenters. The third-order valence-electron chi connectivity index (χ3n) is 3.94. The van der Waals surface area contributed by atoms with Gasteiger partial charge >= 0.3 is 0 Å². The van der Waals surface area contributed by atoms with Gasteiger partial charge in [-0.25, -0.2) is 8.42 Å². The fraction of sp³-hybridized carbons (Fsp3) is 0.389. The summed E-state index contributed by atoms with van der Waals surface area (Å²) < 4.78 is 26.8. The van der Waals surface area contributed by atoms with E-state index in [0.717, 1.165) is 24.8 Å². The predicted molar refractivity (Wildman–Crippen MR) is 103 cm³/mol. The van der Waals surface area contributed by atoms with Gasteiger partial charge < -0.3 is 5.32 Å². The average molecular weight is 381 g/mol. The topological polar surface area (TPSA) is 66.5 Å². The summed E-state index contributed by atoms with van der Waals surface area (Å²) in [6.07, 6.45) is 3.05. The Balaban J connectivity index is 2.20. The highest BCUT2D eigenvalue weighted by molar-refractivity contribution is 7.92. The van der Waals surface area contributed by atoms with Gasteiger partial charge in [-0.15, -0.1) is 11.3 Å². The predicted octanol–water partition coefficient (Wildman–Crippen LogP) is 3.80. The molecular formula is C18H24N2O3S2. The van der Waals surface area contributed by atoms with E-state index >= 15 is 0 Å². The normalized spacial score (nSPS) is 11.3. The lowest BCUT2D eigenvalue weighted by Gasteiger charge is -2.20. The Labute approximate surface area is 153 Å². The van der Waals surface area contributed by atoms with E-state index in [2.05, 4.69) is 12.2 Å². The second-order valence-corrected chi connectivity index (χ2v) is 8.77. The van der Waals surface area contributed by atoms with Gasteiger partial charge in [-0.2, -0.15) is 0 Å². The number of carbonyl (C=O) groups is 1. The molecule has 1 aromatic carbocycles. The van der Waals surface area contributed by atoms with E-state index in [0.29, 0.717) is 17.1 Å². The van der Waals surface area contributed by atoms with Crippen LogP contribution in [0, 0.1) is 6.92 Å². The van der Waals surface area contributed by atoms with Crippen LogP contribution in [0.1, 0.15) is 41.4 Å². The summed E-state index contributed by atoms with van der Waals surface area (Å²) in [5.74, 6) is -0.230. The molecule has 1 amide bonds. The van der Waals surface area contributed by atoms with Gasteiger partial charge in [0.05, 0.1) is 10.6 Å². The van der Waals surface area contributed by atoms with Crippen molar-refractivity contribution >= 4 is 33.0 Å². The van der Waals surface area contributed by atoms with Crippen molar-refractivity contribution in [2.45, 2.75) is 38.0 Å². The highest BCUT2D eigenvalue weighted by Gasteiger charge is 2.26. The van der Waals surface area contributed by atoms with Crippen LogP contribution in [0.4, 0.5) is 5.69 Å². The molecule has 136 valence electrons. The molecule has 2 aromatic rings. The molecule has 0 saturated heterocycles. The second-order valence-electron chi connectivity index (χ2n) is 5.88. The number of nitrogens with one attached hydrogen (secondary N) is 1. The van der Waals surface area contributed by atoms with Crippen LogP contribution < -0.4 is 9.62 Å². The molecule has 0 bridgehead atoms. The van der Waals surface area contributed by atoms with Gasteiger partial charge in [0.1, 0.15) is 4.88 Å². The van der Waals surface area contributed by atoms with Crippen molar-refractivity contribution in [1.82, 2.24) is 5.32 Å². The van der Waals surface area contributed by atoms with Crippen molar-refractivity contribution in [3.63, 3.8) is 0 Å². The van der Waals surface area contributed by atoms with Crippen LogP contribution in [0.5, 0.6) is 0 Å². The number of aryl methyl sites for hydroxylation is 1. The summed E-state index contributed by atoms with van der Waals surface area (Å²) in [5.41, 5.74) is 1.39. The van der Waals surface area contributed by atoms with Gasteiger partial charge in [0.15, 0.2) is 0 Å². The molecular weight excluding hydrogens is 356 g/mol. The molecule has 2 rings (SSSR count). The van der Waals surface area contributed by atoms with Crippen LogP contribution in [-0.4, -0.2) is 27.9 Å². The molecule has 0 aliphatic heterocycles. The van der Waals surface area contributed by atoms with E-state index in [1.54, 1.807) is 35.7 Å². The molecule has 0 fully saturated rings. The number of amides is 1. The summed E-state index contributed by atoms with van der Waals surface area (Å²) >= 11 is 1.25. The van der Waals surface area contributed by atoms with Gasteiger partial charge in [0.25, 0.3) is 15.9 Å². The first kappa shape index (κ1) is 19.5. The summed E-state index contributed by atoms with van der Waals surface area (Å²) in [5, 5.41) is 4.60. The Kier molecular flexibility index (Phi) is 6.61. The number of sulfonamides is 1. The van der Waals surface area contributed by atoms with E-state index < -0.39 is 10.0 Å². The maximum Gasteiger partial charge on any atom is 0.264 e. The summed E-state index contributed by atoms with van der Waals surface area (Å²) in [6.45, 7) is 4.60. The molecule has 1 heterocycles. The van der Waals surface area contributed by atoms with Gasteiger partial charge in [-0.3, -0.25) is 9.10 Å². The number of unbranched alkanes of at least 4 members (excludes halogenated alkanes) is 2. The lowest BCUT2D eigenvalue weighted by Crippen LogP contribution is -2.30. The zero-order chi connectivity index (χ0) is 18.4. The van der Waals surface area contributed by atoms with Crippen LogP contribution in [0.3, 0.4) is 0 Å². The quantitative estimate of drug-likeness (QED) is 0.708. The SMILES string of the molecule is CCCCCNC(=O)c1sccc1N(C)S(=O)(=O)c1ccc(C)cc1. The molecule has 7 heteroatoms. The van der Waals surface area contributed by atoms with Crippen LogP contribution in [0.25, 0.3) is 0 Å². The maximum absolute atomic E-state index is 12.8. The molecule has 1 aromatic heterocycles. The largest absolute Gasteiger partial charge is 0.351 e. The van der Waals surface area contributed by atoms with Crippen LogP contribution in [-0.2, 0) is 10.0 Å². The van der Waals surface area contributed by atoms with Crippen molar-refractivity contribution in [2.75, 3.05) is 17.9 Å². The van der Waals surface area contributed by atoms with Crippen LogP contribution >= 0.6 is 11.3 Å². The minimum atomic E-state index is -3.70. The second kappa shape index (κ2) is 8.49. The molecule has 0 aliphatic carbocycles. The number of carbonyl (C=O) groups excluding carboxylic acids is 1. The molecule has 1 N–H and O–H groups in total. The Morgan fingerprint density at radius 2 is 1.84 bits per heavy atom. The zero-order valence-electron chi connectivity index (χ0n) is 14.8. The third kappa shape index (κ3) is 4.61. The van der Waals surface area contributed by atoms with Gasteiger partial charge in [0, 0.05) is 13.6 Å². The lowest BCUT2D eigenvalue weighted by molar-refractivity contribution is 0.0957. The summed E-state index contributed by atoms with van der Waals surface area (Å²) in [7, 11) is -2.23. The van der Waals surface area contributed by atoms with Crippen molar-refractivity contribution in [3.05, 3.63) is 46.2 Å². The first-order chi connectivity index (χ1) is 11.9. The van der Waals surface area contributed by atoms with E-state index in [1.165, 1.54) is 22.7 Å². The number of thiophene rings is 1. The smallest absolute Gasteiger partial charge is 0.264 e. The monoisotopic (exact) mass is 380 g/mol. The van der Waals surface area contributed by atoms with E-state index in [1.807, 2.05) is 6.92 Å². The Morgan fingerprint density at radius 1 is 1.16 bits per heavy atom. The van der Waals surface area contributed by atoms with Gasteiger partial charge in [-0.05, 0) is 36.9 Å². The highest BCUT2D eigenvalue weighted by atomic mass is 32.2. The molecule has 0 saturated carbocycles. The minimum absolute atomic E-state index is 0.209. The number of benzene rings is 1. The standard InChI is InChI=1S/C18H24N2O3S2/c1-4-5-6-12-19-18(21)17-16(11-13-24-17)20(3)25(22,23)15-9-7-14(2)8-10-15/h7-11,13H,4-6,12H2,1-3H3,(H,19,21). The molecule has 25 heavy (non-hydrogen) atoms. The zero-order valence-corrected chi connectivity index (χ0v) is 16.4. The Hall–Kier alpha value is -1.86. The Morgan fingerprint density at radius 3 is 2.48 bits per heavy atom. The minimum Gasteiger partial charge on any atom is -0.351 e. The maximum atomic E-state index is 12.8. The lowest BCUT2D eigenvalue weighted by atomic mass is 10.2. The van der Waals surface area contributed by atoms with Crippen molar-refractivity contribution in [3.8, 4) is 0 Å². The van der Waals surface area contributed by atoms with Gasteiger partial charge in [0.2, 0.25) is 0 Å². The van der Waals surface area contributed by atoms with Crippen molar-refractivity contribution in [1.29, 1.82) is 0 Å². The van der Waals surface area contributed by atoms with E-state index in [-0.39, 0.29) is 10.8 Å². The average Bonchev–Trinajstić information content (AvgIpc) is 3.08. The fourth-order valence-corrected chi connectivity index (χ4v) is 4.48. The molecule has 0 radical (unpaired) electrons. The number of rotatable bonds is 8. The van der Waals surface area contributed by atoms with Gasteiger partial charge in [-0.1, -0.05) is 37.5 Å².